The molecule has 2 aliphatic rings. The van der Waals surface area contributed by atoms with Crippen molar-refractivity contribution in [1.29, 1.82) is 0 Å². The molecule has 1 aromatic heterocycles. The van der Waals surface area contributed by atoms with E-state index in [1.54, 1.807) is 0 Å². The molecule has 3 aromatic rings. The second-order valence-electron chi connectivity index (χ2n) is 10.1. The molecule has 0 amide bonds. The summed E-state index contributed by atoms with van der Waals surface area (Å²) in [7, 11) is 0. The third-order valence-electron chi connectivity index (χ3n) is 7.40. The van der Waals surface area contributed by atoms with Crippen LogP contribution in [0.3, 0.4) is 0 Å². The van der Waals surface area contributed by atoms with Gasteiger partial charge in [-0.1, -0.05) is 0 Å². The molecule has 14 nitrogen and oxygen atoms in total. The van der Waals surface area contributed by atoms with Crippen LogP contribution in [0.5, 0.6) is 17.2 Å². The van der Waals surface area contributed by atoms with Crippen molar-refractivity contribution < 1.29 is 64.6 Å². The van der Waals surface area contributed by atoms with Gasteiger partial charge in [-0.05, 0) is 31.2 Å². The van der Waals surface area contributed by atoms with Crippen molar-refractivity contribution in [2.75, 3.05) is 6.61 Å². The number of rotatable bonds is 5. The quantitative estimate of drug-likeness (QED) is 0.175. The molecule has 10 atom stereocenters. The van der Waals surface area contributed by atoms with Crippen LogP contribution in [0, 0.1) is 0 Å². The van der Waals surface area contributed by atoms with Crippen molar-refractivity contribution in [2.24, 2.45) is 0 Å². The van der Waals surface area contributed by atoms with Crippen LogP contribution in [-0.4, -0.2) is 108 Å². The van der Waals surface area contributed by atoms with E-state index in [1.807, 2.05) is 0 Å². The fraction of sp³-hybridized carbons (Fsp3) is 0.444. The van der Waals surface area contributed by atoms with Gasteiger partial charge in [0, 0.05) is 17.7 Å². The number of phenols is 3. The number of aliphatic hydroxyl groups excluding tert-OH is 6. The Hall–Kier alpha value is -3.31. The topological polar surface area (TPSA) is 240 Å². The maximum absolute atomic E-state index is 13.1. The lowest BCUT2D eigenvalue weighted by Gasteiger charge is -2.46. The van der Waals surface area contributed by atoms with Crippen molar-refractivity contribution in [3.8, 4) is 28.6 Å². The molecule has 14 heteroatoms. The highest BCUT2D eigenvalue weighted by Gasteiger charge is 2.51. The number of ether oxygens (including phenoxy) is 3. The number of hydrogen-bond donors (Lipinski definition) is 9. The third-order valence-corrected chi connectivity index (χ3v) is 7.40. The molecular formula is C27H30O14. The van der Waals surface area contributed by atoms with Crippen molar-refractivity contribution in [1.82, 2.24) is 0 Å². The van der Waals surface area contributed by atoms with E-state index in [-0.39, 0.29) is 28.0 Å². The Morgan fingerprint density at radius 2 is 1.51 bits per heavy atom. The molecular weight excluding hydrogens is 548 g/mol. The number of fused-ring (bicyclic) bond motifs is 1. The monoisotopic (exact) mass is 578 g/mol. The van der Waals surface area contributed by atoms with Gasteiger partial charge in [0.1, 0.15) is 77.2 Å². The highest BCUT2D eigenvalue weighted by molar-refractivity contribution is 5.89. The van der Waals surface area contributed by atoms with Crippen LogP contribution in [0.1, 0.15) is 18.6 Å². The summed E-state index contributed by atoms with van der Waals surface area (Å²) in [6, 6.07) is 7.53. The Labute approximate surface area is 231 Å². The second-order valence-corrected chi connectivity index (χ2v) is 10.1. The Morgan fingerprint density at radius 1 is 0.829 bits per heavy atom. The lowest BCUT2D eigenvalue weighted by atomic mass is 9.89. The summed E-state index contributed by atoms with van der Waals surface area (Å²) in [6.45, 7) is 0.613. The molecule has 0 saturated carbocycles. The summed E-state index contributed by atoms with van der Waals surface area (Å²) < 4.78 is 23.0. The minimum Gasteiger partial charge on any atom is -0.508 e. The van der Waals surface area contributed by atoms with Crippen molar-refractivity contribution >= 4 is 11.0 Å². The zero-order chi connectivity index (χ0) is 29.7. The molecule has 0 spiro atoms. The molecule has 2 aliphatic heterocycles. The lowest BCUT2D eigenvalue weighted by Crippen LogP contribution is -2.61. The van der Waals surface area contributed by atoms with E-state index in [1.165, 1.54) is 31.2 Å². The second kappa shape index (κ2) is 11.2. The van der Waals surface area contributed by atoms with Gasteiger partial charge in [-0.15, -0.1) is 0 Å². The zero-order valence-electron chi connectivity index (χ0n) is 21.5. The van der Waals surface area contributed by atoms with Crippen LogP contribution < -0.4 is 5.43 Å². The maximum atomic E-state index is 13.1. The molecule has 0 aliphatic carbocycles. The highest BCUT2D eigenvalue weighted by Crippen LogP contribution is 2.45. The fourth-order valence-corrected chi connectivity index (χ4v) is 5.12. The maximum Gasteiger partial charge on any atom is 0.197 e. The molecule has 3 heterocycles. The molecule has 0 radical (unpaired) electrons. The number of benzene rings is 2. The van der Waals surface area contributed by atoms with Gasteiger partial charge in [-0.2, -0.15) is 0 Å². The van der Waals surface area contributed by atoms with E-state index >= 15 is 0 Å². The van der Waals surface area contributed by atoms with Gasteiger partial charge in [-0.25, -0.2) is 0 Å². The molecule has 41 heavy (non-hydrogen) atoms. The fourth-order valence-electron chi connectivity index (χ4n) is 5.12. The molecule has 1 unspecified atom stereocenters. The summed E-state index contributed by atoms with van der Waals surface area (Å²) >= 11 is 0. The van der Waals surface area contributed by atoms with Gasteiger partial charge >= 0.3 is 0 Å². The average Bonchev–Trinajstić information content (AvgIpc) is 2.93. The van der Waals surface area contributed by atoms with Gasteiger partial charge in [0.25, 0.3) is 0 Å². The SMILES string of the molecule is C[C@H]1OC(O[C@@H]2[C@@H](O)[C@H](O)[C@@H](CO)O[C@@H]2c2c(O)cc(O)c3c(=O)cc(-c4ccc(O)cc4)oc23)[C@@H](O)[C@@H](O)[C@@H]1O. The third kappa shape index (κ3) is 5.14. The minimum atomic E-state index is -1.85. The number of phenolic OH excluding ortho intramolecular Hbond substituents is 3. The van der Waals surface area contributed by atoms with Crippen LogP contribution in [0.15, 0.2) is 45.6 Å². The van der Waals surface area contributed by atoms with Gasteiger partial charge in [0.2, 0.25) is 0 Å². The first kappa shape index (κ1) is 29.2. The zero-order valence-corrected chi connectivity index (χ0v) is 21.5. The Morgan fingerprint density at radius 3 is 2.17 bits per heavy atom. The van der Waals surface area contributed by atoms with Crippen LogP contribution in [-0.2, 0) is 14.2 Å². The standard InChI is InChI=1S/C27H30O14/c1-9-19(33)21(35)23(37)27(38-9)41-26-22(36)20(34)16(8-28)40-25(26)18-13(31)6-12(30)17-14(32)7-15(39-24(17)18)10-2-4-11(29)5-3-10/h2-7,9,16,19-23,25-31,33-37H,8H2,1H3/t9-,16-,19-,20-,21+,22+,23+,25-,26-,27?/m1/s1. The molecule has 2 saturated heterocycles. The van der Waals surface area contributed by atoms with Crippen molar-refractivity contribution in [3.05, 3.63) is 52.2 Å². The van der Waals surface area contributed by atoms with Crippen LogP contribution in [0.25, 0.3) is 22.3 Å². The van der Waals surface area contributed by atoms with Gasteiger partial charge in [0.15, 0.2) is 17.3 Å². The molecule has 222 valence electrons. The summed E-state index contributed by atoms with van der Waals surface area (Å²) in [4.78, 5) is 13.1. The first-order chi connectivity index (χ1) is 19.4. The van der Waals surface area contributed by atoms with Gasteiger partial charge < -0.3 is 64.6 Å². The molecule has 2 aromatic carbocycles. The Balaban J connectivity index is 1.67. The normalized spacial score (nSPS) is 34.1. The lowest BCUT2D eigenvalue weighted by molar-refractivity contribution is -0.338. The van der Waals surface area contributed by atoms with E-state index < -0.39 is 84.8 Å². The van der Waals surface area contributed by atoms with E-state index in [4.69, 9.17) is 18.6 Å². The predicted octanol–water partition coefficient (Wildman–Crippen LogP) is -1.06. The molecule has 2 fully saturated rings. The molecule has 9 N–H and O–H groups in total. The Kier molecular flexibility index (Phi) is 7.95. The summed E-state index contributed by atoms with van der Waals surface area (Å²) in [5.41, 5.74) is -1.08. The number of aliphatic hydroxyl groups is 6. The number of hydrogen-bond acceptors (Lipinski definition) is 14. The summed E-state index contributed by atoms with van der Waals surface area (Å²) in [6.07, 6.45) is -16.0. The summed E-state index contributed by atoms with van der Waals surface area (Å²) in [5.74, 6) is -1.39. The van der Waals surface area contributed by atoms with Crippen molar-refractivity contribution in [3.63, 3.8) is 0 Å². The minimum absolute atomic E-state index is 0.0294. The summed E-state index contributed by atoms with van der Waals surface area (Å²) in [5, 5.41) is 93.0. The first-order valence-electron chi connectivity index (χ1n) is 12.7. The van der Waals surface area contributed by atoms with Crippen LogP contribution in [0.2, 0.25) is 0 Å². The van der Waals surface area contributed by atoms with Gasteiger partial charge in [-0.3, -0.25) is 4.79 Å². The molecule has 0 bridgehead atoms. The number of aromatic hydroxyl groups is 3. The molecule has 5 rings (SSSR count). The Bertz CT molecular complexity index is 1460. The van der Waals surface area contributed by atoms with Crippen LogP contribution in [0.4, 0.5) is 0 Å². The predicted molar refractivity (Wildman–Crippen MR) is 137 cm³/mol. The first-order valence-corrected chi connectivity index (χ1v) is 12.7. The highest BCUT2D eigenvalue weighted by atomic mass is 16.7. The average molecular weight is 579 g/mol. The smallest absolute Gasteiger partial charge is 0.197 e. The van der Waals surface area contributed by atoms with E-state index in [9.17, 15) is 50.8 Å². The van der Waals surface area contributed by atoms with Gasteiger partial charge in [0.05, 0.1) is 18.3 Å². The van der Waals surface area contributed by atoms with E-state index in [0.29, 0.717) is 5.56 Å². The largest absolute Gasteiger partial charge is 0.508 e. The van der Waals surface area contributed by atoms with E-state index in [2.05, 4.69) is 0 Å². The van der Waals surface area contributed by atoms with Crippen LogP contribution >= 0.6 is 0 Å². The van der Waals surface area contributed by atoms with E-state index in [0.717, 1.165) is 12.1 Å². The van der Waals surface area contributed by atoms with Crippen molar-refractivity contribution in [2.45, 2.75) is 68.1 Å².